The van der Waals surface area contributed by atoms with Gasteiger partial charge >= 0.3 is 7.60 Å². The van der Waals surface area contributed by atoms with Gasteiger partial charge in [-0.1, -0.05) is 5.92 Å². The first-order valence-corrected chi connectivity index (χ1v) is 12.5. The summed E-state index contributed by atoms with van der Waals surface area (Å²) in [5.74, 6) is 2.80. The van der Waals surface area contributed by atoms with Gasteiger partial charge in [0.1, 0.15) is 6.29 Å². The van der Waals surface area contributed by atoms with Gasteiger partial charge in [0.2, 0.25) is 0 Å². The maximum absolute atomic E-state index is 13.0. The van der Waals surface area contributed by atoms with E-state index >= 15 is 0 Å². The molecule has 2 rings (SSSR count). The van der Waals surface area contributed by atoms with Crippen molar-refractivity contribution in [2.45, 2.75) is 26.7 Å². The molecule has 2 aliphatic heterocycles. The summed E-state index contributed by atoms with van der Waals surface area (Å²) in [7, 11) is -3.05. The summed E-state index contributed by atoms with van der Waals surface area (Å²) in [4.78, 5) is 9.76. The molecule has 2 fully saturated rings. The van der Waals surface area contributed by atoms with Crippen molar-refractivity contribution in [3.05, 3.63) is 0 Å². The summed E-state index contributed by atoms with van der Waals surface area (Å²) in [6, 6.07) is 0. The predicted molar refractivity (Wildman–Crippen MR) is 115 cm³/mol. The van der Waals surface area contributed by atoms with E-state index in [1.807, 2.05) is 13.8 Å². The Bertz CT molecular complexity index is 518. The number of fused-ring (bicyclic) bond motifs is 3. The lowest BCUT2D eigenvalue weighted by Gasteiger charge is -2.36. The molecule has 0 spiro atoms. The van der Waals surface area contributed by atoms with E-state index in [9.17, 15) is 4.57 Å². The van der Waals surface area contributed by atoms with Gasteiger partial charge in [-0.05, 0) is 39.8 Å². The van der Waals surface area contributed by atoms with Crippen LogP contribution >= 0.6 is 7.60 Å². The molecule has 7 nitrogen and oxygen atoms in total. The quantitative estimate of drug-likeness (QED) is 0.466. The van der Waals surface area contributed by atoms with Crippen molar-refractivity contribution in [2.24, 2.45) is 0 Å². The third-order valence-corrected chi connectivity index (χ3v) is 7.48. The number of hydrogen-bond donors (Lipinski definition) is 0. The van der Waals surface area contributed by atoms with E-state index in [2.05, 4.69) is 25.5 Å². The topological polar surface area (TPSA) is 48.5 Å². The van der Waals surface area contributed by atoms with Crippen molar-refractivity contribution in [1.82, 2.24) is 19.6 Å². The van der Waals surface area contributed by atoms with Gasteiger partial charge in [0.15, 0.2) is 0 Å². The lowest BCUT2D eigenvalue weighted by molar-refractivity contribution is 0.124. The zero-order chi connectivity index (χ0) is 20.2. The van der Waals surface area contributed by atoms with Gasteiger partial charge in [-0.15, -0.1) is 6.42 Å². The number of nitrogens with zero attached hydrogens (tertiary/aromatic N) is 4. The molecule has 0 aliphatic carbocycles. The molecule has 0 aromatic heterocycles. The minimum absolute atomic E-state index is 0.387. The summed E-state index contributed by atoms with van der Waals surface area (Å²) in [6.07, 6.45) is 8.13. The summed E-state index contributed by atoms with van der Waals surface area (Å²) >= 11 is 0. The van der Waals surface area contributed by atoms with E-state index in [0.29, 0.717) is 19.5 Å². The van der Waals surface area contributed by atoms with Gasteiger partial charge in [-0.3, -0.25) is 14.4 Å². The highest BCUT2D eigenvalue weighted by Crippen LogP contribution is 2.48. The fourth-order valence-corrected chi connectivity index (χ4v) is 5.76. The molecule has 2 saturated heterocycles. The molecule has 0 aromatic rings. The van der Waals surface area contributed by atoms with Crippen molar-refractivity contribution in [2.75, 3.05) is 91.5 Å². The van der Waals surface area contributed by atoms with Crippen LogP contribution in [-0.2, 0) is 13.6 Å². The zero-order valence-corrected chi connectivity index (χ0v) is 18.7. The second-order valence-corrected chi connectivity index (χ2v) is 9.60. The van der Waals surface area contributed by atoms with E-state index < -0.39 is 7.60 Å². The lowest BCUT2D eigenvalue weighted by atomic mass is 10.2. The van der Waals surface area contributed by atoms with Crippen molar-refractivity contribution < 1.29 is 13.6 Å². The Hall–Kier alpha value is -0.450. The van der Waals surface area contributed by atoms with Gasteiger partial charge in [0.25, 0.3) is 0 Å². The Kier molecular flexibility index (Phi) is 11.0. The van der Waals surface area contributed by atoms with Crippen LogP contribution in [0.25, 0.3) is 0 Å². The first-order chi connectivity index (χ1) is 13.6. The third-order valence-electron chi connectivity index (χ3n) is 5.43. The molecule has 2 aliphatic rings. The maximum Gasteiger partial charge on any atom is 0.344 e. The van der Waals surface area contributed by atoms with Crippen molar-refractivity contribution >= 4 is 7.60 Å². The fourth-order valence-electron chi connectivity index (χ4n) is 3.96. The van der Waals surface area contributed by atoms with Gasteiger partial charge in [0, 0.05) is 52.4 Å². The van der Waals surface area contributed by atoms with Crippen molar-refractivity contribution in [3.63, 3.8) is 0 Å². The van der Waals surface area contributed by atoms with E-state index in [1.165, 1.54) is 0 Å². The first-order valence-electron chi connectivity index (χ1n) is 10.8. The van der Waals surface area contributed by atoms with Gasteiger partial charge < -0.3 is 18.8 Å². The molecule has 2 unspecified atom stereocenters. The molecule has 0 amide bonds. The van der Waals surface area contributed by atoms with E-state index in [1.54, 1.807) is 0 Å². The first kappa shape index (κ1) is 23.8. The fraction of sp³-hybridized carbons (Fsp3) is 0.900. The smallest absolute Gasteiger partial charge is 0.308 e. The molecule has 2 bridgehead atoms. The van der Waals surface area contributed by atoms with E-state index in [4.69, 9.17) is 15.5 Å². The maximum atomic E-state index is 13.0. The van der Waals surface area contributed by atoms with Gasteiger partial charge in [-0.25, -0.2) is 0 Å². The summed E-state index contributed by atoms with van der Waals surface area (Å²) < 4.78 is 24.0. The summed E-state index contributed by atoms with van der Waals surface area (Å²) in [5, 5.41) is 0. The minimum atomic E-state index is -3.05. The Morgan fingerprint density at radius 1 is 0.786 bits per heavy atom. The largest absolute Gasteiger partial charge is 0.344 e. The van der Waals surface area contributed by atoms with Crippen LogP contribution in [0.2, 0.25) is 0 Å². The van der Waals surface area contributed by atoms with Crippen LogP contribution < -0.4 is 0 Å². The number of terminal acetylenes is 1. The van der Waals surface area contributed by atoms with Crippen LogP contribution in [0, 0.1) is 12.3 Å². The van der Waals surface area contributed by atoms with Crippen LogP contribution in [0.15, 0.2) is 0 Å². The molecule has 2 atom stereocenters. The van der Waals surface area contributed by atoms with E-state index in [-0.39, 0.29) is 0 Å². The molecule has 0 saturated carbocycles. The van der Waals surface area contributed by atoms with Crippen LogP contribution in [0.3, 0.4) is 0 Å². The Morgan fingerprint density at radius 3 is 1.82 bits per heavy atom. The van der Waals surface area contributed by atoms with Crippen LogP contribution in [0.4, 0.5) is 0 Å². The highest BCUT2D eigenvalue weighted by Gasteiger charge is 2.28. The Morgan fingerprint density at radius 2 is 1.29 bits per heavy atom. The van der Waals surface area contributed by atoms with Crippen LogP contribution in [-0.4, -0.2) is 111 Å². The monoisotopic (exact) mass is 414 g/mol. The van der Waals surface area contributed by atoms with Crippen LogP contribution in [0.5, 0.6) is 0 Å². The highest BCUT2D eigenvalue weighted by molar-refractivity contribution is 7.53. The molecular weight excluding hydrogens is 375 g/mol. The lowest BCUT2D eigenvalue weighted by Crippen LogP contribution is -2.47. The normalized spacial score (nSPS) is 26.6. The molecule has 8 heteroatoms. The second kappa shape index (κ2) is 13.0. The summed E-state index contributed by atoms with van der Waals surface area (Å²) in [5.41, 5.74) is 0. The summed E-state index contributed by atoms with van der Waals surface area (Å²) in [6.45, 7) is 15.6. The second-order valence-electron chi connectivity index (χ2n) is 7.58. The average Bonchev–Trinajstić information content (AvgIpc) is 2.66. The predicted octanol–water partition coefficient (Wildman–Crippen LogP) is 1.86. The molecule has 2 heterocycles. The molecule has 28 heavy (non-hydrogen) atoms. The molecule has 162 valence electrons. The number of rotatable bonds is 7. The van der Waals surface area contributed by atoms with Crippen molar-refractivity contribution in [3.8, 4) is 12.3 Å². The molecule has 0 aromatic carbocycles. The molecule has 0 N–H and O–H groups in total. The third kappa shape index (κ3) is 8.51. The average molecular weight is 415 g/mol. The zero-order valence-electron chi connectivity index (χ0n) is 17.9. The number of hydrogen-bond acceptors (Lipinski definition) is 7. The SMILES string of the molecule is C#CCN1CCCN2CCN(CCCN(CP(=O)(OCC)OCC)CC2)CC1. The van der Waals surface area contributed by atoms with Gasteiger partial charge in [0.05, 0.1) is 19.8 Å². The minimum Gasteiger partial charge on any atom is -0.308 e. The van der Waals surface area contributed by atoms with Gasteiger partial charge in [-0.2, -0.15) is 0 Å². The Balaban J connectivity index is 2.00. The molecule has 0 radical (unpaired) electrons. The van der Waals surface area contributed by atoms with E-state index in [0.717, 1.165) is 84.8 Å². The molecular formula is C20H39N4O3P. The highest BCUT2D eigenvalue weighted by atomic mass is 31.2. The van der Waals surface area contributed by atoms with Crippen molar-refractivity contribution in [1.29, 1.82) is 0 Å². The standard InChI is InChI=1S/C20H39N4O3P/c1-4-9-21-10-7-11-23-17-16-22(15-14-21)12-8-13-24(19-18-23)20-28(25,26-5-2)27-6-3/h1H,5-20H2,2-3H3. The Labute approximate surface area is 171 Å². The van der Waals surface area contributed by atoms with Crippen LogP contribution in [0.1, 0.15) is 26.7 Å².